The van der Waals surface area contributed by atoms with Crippen LogP contribution in [0.2, 0.25) is 0 Å². The summed E-state index contributed by atoms with van der Waals surface area (Å²) < 4.78 is 5.79. The van der Waals surface area contributed by atoms with Crippen molar-refractivity contribution >= 4 is 17.6 Å². The number of ketones is 1. The Morgan fingerprint density at radius 3 is 2.60 bits per heavy atom. The van der Waals surface area contributed by atoms with Gasteiger partial charge in [-0.2, -0.15) is 0 Å². The van der Waals surface area contributed by atoms with Crippen LogP contribution in [0.4, 0.5) is 5.82 Å². The largest absolute Gasteiger partial charge is 0.457 e. The van der Waals surface area contributed by atoms with E-state index in [1.165, 1.54) is 7.05 Å². The summed E-state index contributed by atoms with van der Waals surface area (Å²) >= 11 is 0. The van der Waals surface area contributed by atoms with E-state index >= 15 is 0 Å². The predicted molar refractivity (Wildman–Crippen MR) is 69.3 cm³/mol. The number of nitrogen functional groups attached to an aromatic ring is 1. The summed E-state index contributed by atoms with van der Waals surface area (Å²) in [6, 6.07) is 0. The Balaban J connectivity index is 2.14. The van der Waals surface area contributed by atoms with Gasteiger partial charge in [-0.15, -0.1) is 0 Å². The van der Waals surface area contributed by atoms with Crippen molar-refractivity contribution in [3.63, 3.8) is 0 Å². The third-order valence-corrected chi connectivity index (χ3v) is 3.41. The van der Waals surface area contributed by atoms with Crippen molar-refractivity contribution in [1.82, 2.24) is 9.55 Å². The fraction of sp³-hybridized carbons (Fsp3) is 0.500. The molecule has 2 rings (SSSR count). The second kappa shape index (κ2) is 4.95. The molecule has 3 N–H and O–H groups in total. The number of carbonyl (C=O) groups is 2. The first-order chi connectivity index (χ1) is 9.32. The number of aromatic amines is 1. The summed E-state index contributed by atoms with van der Waals surface area (Å²) in [6.45, 7) is 1.34. The molecular weight excluding hydrogens is 266 g/mol. The summed E-state index contributed by atoms with van der Waals surface area (Å²) in [6.07, 6.45) is 0.746. The van der Waals surface area contributed by atoms with Crippen LogP contribution in [-0.2, 0) is 16.6 Å². The first-order valence-corrected chi connectivity index (χ1v) is 6.11. The Morgan fingerprint density at radius 1 is 1.45 bits per heavy atom. The van der Waals surface area contributed by atoms with Crippen LogP contribution < -0.4 is 17.0 Å². The molecule has 2 atom stereocenters. The van der Waals surface area contributed by atoms with E-state index in [1.807, 2.05) is 11.9 Å². The molecule has 0 bridgehead atoms. The highest BCUT2D eigenvalue weighted by Crippen LogP contribution is 2.38. The van der Waals surface area contributed by atoms with E-state index in [2.05, 4.69) is 0 Å². The van der Waals surface area contributed by atoms with Crippen LogP contribution in [0, 0.1) is 11.8 Å². The zero-order valence-corrected chi connectivity index (χ0v) is 11.1. The molecule has 0 aromatic carbocycles. The second-order valence-corrected chi connectivity index (χ2v) is 4.93. The van der Waals surface area contributed by atoms with Gasteiger partial charge in [-0.25, -0.2) is 4.79 Å². The molecule has 0 spiro atoms. The number of hydrogen-bond acceptors (Lipinski definition) is 6. The van der Waals surface area contributed by atoms with Gasteiger partial charge in [-0.1, -0.05) is 6.92 Å². The molecule has 1 aliphatic rings. The number of nitrogens with two attached hydrogens (primary N) is 1. The molecule has 1 aromatic heterocycles. The van der Waals surface area contributed by atoms with Gasteiger partial charge in [0.1, 0.15) is 11.4 Å². The van der Waals surface area contributed by atoms with Gasteiger partial charge >= 0.3 is 11.7 Å². The normalized spacial score (nSPS) is 20.5. The first kappa shape index (κ1) is 14.0. The van der Waals surface area contributed by atoms with Crippen LogP contribution in [0.15, 0.2) is 9.59 Å². The molecule has 1 fully saturated rings. The summed E-state index contributed by atoms with van der Waals surface area (Å²) in [5, 5.41) is 0. The number of aromatic nitrogens is 2. The highest BCUT2D eigenvalue weighted by molar-refractivity contribution is 6.01. The molecule has 0 unspecified atom stereocenters. The number of esters is 1. The van der Waals surface area contributed by atoms with Crippen molar-refractivity contribution in [2.45, 2.75) is 13.3 Å². The molecule has 0 radical (unpaired) electrons. The van der Waals surface area contributed by atoms with E-state index in [0.717, 1.165) is 11.0 Å². The quantitative estimate of drug-likeness (QED) is 0.541. The monoisotopic (exact) mass is 281 g/mol. The molecule has 8 nitrogen and oxygen atoms in total. The lowest BCUT2D eigenvalue weighted by Crippen LogP contribution is -2.36. The van der Waals surface area contributed by atoms with Crippen molar-refractivity contribution in [3.8, 4) is 0 Å². The first-order valence-electron chi connectivity index (χ1n) is 6.11. The summed E-state index contributed by atoms with van der Waals surface area (Å²) in [5.74, 6) is -1.34. The van der Waals surface area contributed by atoms with Crippen LogP contribution in [0.25, 0.3) is 0 Å². The molecular formula is C12H15N3O5. The minimum Gasteiger partial charge on any atom is -0.457 e. The summed E-state index contributed by atoms with van der Waals surface area (Å²) in [7, 11) is 1.32. The Bertz CT molecular complexity index is 687. The SMILES string of the molecule is C[C@H]1C[C@@H]1C(=O)OCC(=O)c1c(N)n(C)c(=O)[nH]c1=O. The zero-order valence-electron chi connectivity index (χ0n) is 11.1. The number of H-pyrrole nitrogens is 1. The van der Waals surface area contributed by atoms with E-state index in [9.17, 15) is 19.2 Å². The topological polar surface area (TPSA) is 124 Å². The minimum atomic E-state index is -0.883. The number of carbonyl (C=O) groups excluding carboxylic acids is 2. The molecule has 1 heterocycles. The maximum absolute atomic E-state index is 11.9. The molecule has 0 amide bonds. The predicted octanol–water partition coefficient (Wildman–Crippen LogP) is -0.962. The molecule has 0 saturated heterocycles. The average molecular weight is 281 g/mol. The van der Waals surface area contributed by atoms with Crippen molar-refractivity contribution in [2.24, 2.45) is 18.9 Å². The third-order valence-electron chi connectivity index (χ3n) is 3.41. The van der Waals surface area contributed by atoms with E-state index in [-0.39, 0.29) is 23.2 Å². The van der Waals surface area contributed by atoms with Gasteiger partial charge in [0.05, 0.1) is 5.92 Å². The number of hydrogen-bond donors (Lipinski definition) is 2. The van der Waals surface area contributed by atoms with Gasteiger partial charge < -0.3 is 10.5 Å². The van der Waals surface area contributed by atoms with E-state index in [0.29, 0.717) is 0 Å². The standard InChI is InChI=1S/C12H15N3O5/c1-5-3-6(5)11(18)20-4-7(16)8-9(13)15(2)12(19)14-10(8)17/h5-6H,3-4,13H2,1-2H3,(H,14,17,19)/t5-,6-/m0/s1. The van der Waals surface area contributed by atoms with E-state index in [4.69, 9.17) is 10.5 Å². The number of Topliss-reactive ketones (excluding diaryl/α,β-unsaturated/α-hetero) is 1. The summed E-state index contributed by atoms with van der Waals surface area (Å²) in [4.78, 5) is 48.2. The lowest BCUT2D eigenvalue weighted by molar-refractivity contribution is -0.144. The van der Waals surface area contributed by atoms with Gasteiger partial charge in [-0.3, -0.25) is 23.9 Å². The lowest BCUT2D eigenvalue weighted by atomic mass is 10.2. The Morgan fingerprint density at radius 2 is 2.05 bits per heavy atom. The number of rotatable bonds is 4. The Hall–Kier alpha value is -2.38. The van der Waals surface area contributed by atoms with Gasteiger partial charge in [0.25, 0.3) is 5.56 Å². The molecule has 1 saturated carbocycles. The average Bonchev–Trinajstić information content (AvgIpc) is 3.10. The highest BCUT2D eigenvalue weighted by atomic mass is 16.5. The lowest BCUT2D eigenvalue weighted by Gasteiger charge is -2.08. The van der Waals surface area contributed by atoms with E-state index in [1.54, 1.807) is 0 Å². The third kappa shape index (κ3) is 2.49. The Labute approximate surface area is 113 Å². The molecule has 108 valence electrons. The van der Waals surface area contributed by atoms with Crippen LogP contribution in [0.5, 0.6) is 0 Å². The number of ether oxygens (including phenoxy) is 1. The Kier molecular flexibility index (Phi) is 3.47. The van der Waals surface area contributed by atoms with E-state index < -0.39 is 29.6 Å². The second-order valence-electron chi connectivity index (χ2n) is 4.93. The maximum Gasteiger partial charge on any atom is 0.329 e. The van der Waals surface area contributed by atoms with Gasteiger partial charge in [0.15, 0.2) is 6.61 Å². The fourth-order valence-electron chi connectivity index (χ4n) is 1.87. The van der Waals surface area contributed by atoms with Gasteiger partial charge in [-0.05, 0) is 12.3 Å². The van der Waals surface area contributed by atoms with Crippen molar-refractivity contribution in [3.05, 3.63) is 26.4 Å². The van der Waals surface area contributed by atoms with Crippen LogP contribution in [0.1, 0.15) is 23.7 Å². The molecule has 8 heteroatoms. The number of nitrogens with one attached hydrogen (secondary N) is 1. The van der Waals surface area contributed by atoms with Crippen molar-refractivity contribution in [2.75, 3.05) is 12.3 Å². The maximum atomic E-state index is 11.9. The summed E-state index contributed by atoms with van der Waals surface area (Å²) in [5.41, 5.74) is 3.60. The molecule has 1 aliphatic carbocycles. The zero-order chi connectivity index (χ0) is 15.0. The number of nitrogens with zero attached hydrogens (tertiary/aromatic N) is 1. The van der Waals surface area contributed by atoms with Crippen LogP contribution >= 0.6 is 0 Å². The van der Waals surface area contributed by atoms with Crippen molar-refractivity contribution < 1.29 is 14.3 Å². The van der Waals surface area contributed by atoms with Gasteiger partial charge in [0, 0.05) is 7.05 Å². The van der Waals surface area contributed by atoms with Gasteiger partial charge in [0.2, 0.25) is 5.78 Å². The highest BCUT2D eigenvalue weighted by Gasteiger charge is 2.40. The minimum absolute atomic E-state index is 0.168. The molecule has 20 heavy (non-hydrogen) atoms. The van der Waals surface area contributed by atoms with Crippen LogP contribution in [0.3, 0.4) is 0 Å². The molecule has 0 aliphatic heterocycles. The molecule has 1 aromatic rings. The van der Waals surface area contributed by atoms with Crippen molar-refractivity contribution in [1.29, 1.82) is 0 Å². The fourth-order valence-corrected chi connectivity index (χ4v) is 1.87. The smallest absolute Gasteiger partial charge is 0.329 e. The number of anilines is 1. The van der Waals surface area contributed by atoms with Crippen LogP contribution in [-0.4, -0.2) is 27.9 Å².